The molecule has 1 aromatic rings. The molecule has 5 nitrogen and oxygen atoms in total. The van der Waals surface area contributed by atoms with Gasteiger partial charge in [-0.1, -0.05) is 6.07 Å². The van der Waals surface area contributed by atoms with Crippen LogP contribution < -0.4 is 0 Å². The number of carbonyl (C=O) groups excluding carboxylic acids is 1. The number of pyridine rings is 1. The molecule has 3 saturated heterocycles. The Bertz CT molecular complexity index is 603. The van der Waals surface area contributed by atoms with E-state index in [1.807, 2.05) is 18.3 Å². The van der Waals surface area contributed by atoms with Gasteiger partial charge in [-0.3, -0.25) is 9.78 Å². The number of hydrogen-bond donors (Lipinski definition) is 0. The van der Waals surface area contributed by atoms with Crippen molar-refractivity contribution in [1.29, 1.82) is 0 Å². The first-order valence-corrected chi connectivity index (χ1v) is 10.3. The molecule has 1 amide bonds. The van der Waals surface area contributed by atoms with E-state index < -0.39 is 0 Å². The molecule has 0 radical (unpaired) electrons. The molecule has 0 aliphatic carbocycles. The van der Waals surface area contributed by atoms with Gasteiger partial charge in [-0.25, -0.2) is 0 Å². The molecule has 4 heterocycles. The third kappa shape index (κ3) is 4.26. The predicted molar refractivity (Wildman–Crippen MR) is 101 cm³/mol. The number of piperidine rings is 1. The van der Waals surface area contributed by atoms with Gasteiger partial charge in [0.05, 0.1) is 12.2 Å². The van der Waals surface area contributed by atoms with Crippen molar-refractivity contribution in [1.82, 2.24) is 14.8 Å². The summed E-state index contributed by atoms with van der Waals surface area (Å²) in [6.45, 7) is 6.22. The zero-order valence-corrected chi connectivity index (χ0v) is 15.7. The highest BCUT2D eigenvalue weighted by molar-refractivity contribution is 5.76. The lowest BCUT2D eigenvalue weighted by Crippen LogP contribution is -2.50. The second kappa shape index (κ2) is 8.05. The summed E-state index contributed by atoms with van der Waals surface area (Å²) in [4.78, 5) is 21.5. The van der Waals surface area contributed by atoms with Crippen LogP contribution in [0.3, 0.4) is 0 Å². The molecule has 4 rings (SSSR count). The number of aromatic nitrogens is 1. The molecule has 3 aliphatic rings. The fourth-order valence-electron chi connectivity index (χ4n) is 4.94. The zero-order chi connectivity index (χ0) is 17.8. The van der Waals surface area contributed by atoms with Crippen LogP contribution in [0.2, 0.25) is 0 Å². The van der Waals surface area contributed by atoms with Crippen LogP contribution in [0.15, 0.2) is 24.5 Å². The van der Waals surface area contributed by atoms with Gasteiger partial charge >= 0.3 is 0 Å². The molecule has 2 atom stereocenters. The average molecular weight is 357 g/mol. The van der Waals surface area contributed by atoms with Crippen molar-refractivity contribution in [3.05, 3.63) is 30.1 Å². The van der Waals surface area contributed by atoms with Gasteiger partial charge in [0, 0.05) is 38.4 Å². The van der Waals surface area contributed by atoms with E-state index in [2.05, 4.69) is 14.8 Å². The summed E-state index contributed by atoms with van der Waals surface area (Å²) in [5.41, 5.74) is 1.06. The van der Waals surface area contributed by atoms with Gasteiger partial charge in [0.1, 0.15) is 0 Å². The molecule has 0 N–H and O–H groups in total. The number of ether oxygens (including phenoxy) is 1. The Labute approximate surface area is 156 Å². The lowest BCUT2D eigenvalue weighted by molar-refractivity contribution is -0.139. The van der Waals surface area contributed by atoms with E-state index in [9.17, 15) is 4.79 Å². The number of rotatable bonds is 5. The van der Waals surface area contributed by atoms with E-state index in [1.165, 1.54) is 32.5 Å². The van der Waals surface area contributed by atoms with E-state index in [-0.39, 0.29) is 11.5 Å². The molecule has 0 bridgehead atoms. The Morgan fingerprint density at radius 1 is 1.27 bits per heavy atom. The molecule has 1 aromatic heterocycles. The Morgan fingerprint density at radius 3 is 2.96 bits per heavy atom. The quantitative estimate of drug-likeness (QED) is 0.812. The third-order valence-electron chi connectivity index (χ3n) is 6.24. The highest BCUT2D eigenvalue weighted by atomic mass is 16.5. The Hall–Kier alpha value is -1.46. The summed E-state index contributed by atoms with van der Waals surface area (Å²) >= 11 is 0. The number of amides is 1. The molecule has 26 heavy (non-hydrogen) atoms. The molecule has 0 saturated carbocycles. The lowest BCUT2D eigenvalue weighted by Gasteiger charge is -2.40. The van der Waals surface area contributed by atoms with Crippen molar-refractivity contribution < 1.29 is 9.53 Å². The highest BCUT2D eigenvalue weighted by Crippen LogP contribution is 2.38. The summed E-state index contributed by atoms with van der Waals surface area (Å²) in [5.74, 6) is 0.901. The molecular weight excluding hydrogens is 326 g/mol. The lowest BCUT2D eigenvalue weighted by atomic mass is 9.86. The van der Waals surface area contributed by atoms with Crippen LogP contribution in [0, 0.1) is 5.92 Å². The second-order valence-corrected chi connectivity index (χ2v) is 8.35. The van der Waals surface area contributed by atoms with Crippen molar-refractivity contribution in [2.75, 3.05) is 39.3 Å². The Kier molecular flexibility index (Phi) is 5.55. The minimum atomic E-state index is -0.0768. The van der Waals surface area contributed by atoms with Gasteiger partial charge in [-0.2, -0.15) is 0 Å². The Balaban J connectivity index is 1.28. The number of aryl methyl sites for hydroxylation is 1. The summed E-state index contributed by atoms with van der Waals surface area (Å²) in [5, 5.41) is 0. The van der Waals surface area contributed by atoms with Crippen LogP contribution in [0.25, 0.3) is 0 Å². The summed E-state index contributed by atoms with van der Waals surface area (Å²) in [7, 11) is 0. The fraction of sp³-hybridized carbons (Fsp3) is 0.714. The number of nitrogens with zero attached hydrogens (tertiary/aromatic N) is 3. The monoisotopic (exact) mass is 357 g/mol. The molecule has 0 aromatic carbocycles. The zero-order valence-electron chi connectivity index (χ0n) is 15.7. The first-order chi connectivity index (χ1) is 12.7. The average Bonchev–Trinajstić information content (AvgIpc) is 3.31. The standard InChI is InChI=1S/C21H31N3O2/c25-20(7-6-18-5-3-9-22-14-18)24-12-4-8-21(17-24)13-19(16-26-21)15-23-10-1-2-11-23/h3,5,9,14,19H,1-2,4,6-8,10-13,15-17H2/t19-,21+/m1/s1. The van der Waals surface area contributed by atoms with Crippen LogP contribution in [0.5, 0.6) is 0 Å². The second-order valence-electron chi connectivity index (χ2n) is 8.35. The first-order valence-electron chi connectivity index (χ1n) is 10.3. The molecule has 142 valence electrons. The molecule has 0 unspecified atom stereocenters. The van der Waals surface area contributed by atoms with Gasteiger partial charge in [0.15, 0.2) is 0 Å². The van der Waals surface area contributed by atoms with Crippen LogP contribution in [0.1, 0.15) is 44.1 Å². The van der Waals surface area contributed by atoms with Crippen molar-refractivity contribution in [2.45, 2.75) is 50.5 Å². The molecule has 3 fully saturated rings. The number of hydrogen-bond acceptors (Lipinski definition) is 4. The van der Waals surface area contributed by atoms with Crippen LogP contribution in [0.4, 0.5) is 0 Å². The van der Waals surface area contributed by atoms with Crippen molar-refractivity contribution in [3.8, 4) is 0 Å². The van der Waals surface area contributed by atoms with Crippen LogP contribution in [-0.2, 0) is 16.0 Å². The van der Waals surface area contributed by atoms with Gasteiger partial charge in [0.2, 0.25) is 5.91 Å². The van der Waals surface area contributed by atoms with Gasteiger partial charge < -0.3 is 14.5 Å². The summed E-state index contributed by atoms with van der Waals surface area (Å²) in [6, 6.07) is 3.98. The largest absolute Gasteiger partial charge is 0.373 e. The number of likely N-dealkylation sites (tertiary alicyclic amines) is 2. The van der Waals surface area contributed by atoms with Crippen molar-refractivity contribution in [3.63, 3.8) is 0 Å². The third-order valence-corrected chi connectivity index (χ3v) is 6.24. The SMILES string of the molecule is O=C(CCc1cccnc1)N1CCC[C@]2(C[C@H](CN3CCCC3)CO2)C1. The number of carbonyl (C=O) groups is 1. The normalized spacial score (nSPS) is 29.5. The molecule has 1 spiro atoms. The minimum absolute atomic E-state index is 0.0768. The van der Waals surface area contributed by atoms with E-state index in [1.54, 1.807) is 6.20 Å². The maximum absolute atomic E-state index is 12.7. The fourth-order valence-corrected chi connectivity index (χ4v) is 4.94. The van der Waals surface area contributed by atoms with Crippen molar-refractivity contribution in [2.24, 2.45) is 5.92 Å². The molecule has 5 heteroatoms. The Morgan fingerprint density at radius 2 is 2.15 bits per heavy atom. The van der Waals surface area contributed by atoms with Crippen molar-refractivity contribution >= 4 is 5.91 Å². The van der Waals surface area contributed by atoms with Crippen LogP contribution >= 0.6 is 0 Å². The van der Waals surface area contributed by atoms with Gasteiger partial charge in [0.25, 0.3) is 0 Å². The smallest absolute Gasteiger partial charge is 0.223 e. The van der Waals surface area contributed by atoms with E-state index in [0.717, 1.165) is 50.9 Å². The summed E-state index contributed by atoms with van der Waals surface area (Å²) < 4.78 is 6.32. The van der Waals surface area contributed by atoms with E-state index in [0.29, 0.717) is 12.3 Å². The van der Waals surface area contributed by atoms with Gasteiger partial charge in [-0.05, 0) is 69.2 Å². The predicted octanol–water partition coefficient (Wildman–Crippen LogP) is 2.51. The van der Waals surface area contributed by atoms with Gasteiger partial charge in [-0.15, -0.1) is 0 Å². The maximum atomic E-state index is 12.7. The van der Waals surface area contributed by atoms with Crippen LogP contribution in [-0.4, -0.2) is 65.6 Å². The van der Waals surface area contributed by atoms with E-state index >= 15 is 0 Å². The highest BCUT2D eigenvalue weighted by Gasteiger charge is 2.44. The topological polar surface area (TPSA) is 45.7 Å². The van der Waals surface area contributed by atoms with E-state index in [4.69, 9.17) is 4.74 Å². The minimum Gasteiger partial charge on any atom is -0.373 e. The maximum Gasteiger partial charge on any atom is 0.223 e. The molecular formula is C21H31N3O2. The summed E-state index contributed by atoms with van der Waals surface area (Å²) in [6.07, 6.45) is 11.0. The molecule has 3 aliphatic heterocycles. The first kappa shape index (κ1) is 17.9.